The predicted molar refractivity (Wildman–Crippen MR) is 72.4 cm³/mol. The molecule has 1 saturated carbocycles. The van der Waals surface area contributed by atoms with Gasteiger partial charge in [0.1, 0.15) is 5.41 Å². The lowest BCUT2D eigenvalue weighted by Crippen LogP contribution is -2.70. The molecule has 1 aliphatic carbocycles. The summed E-state index contributed by atoms with van der Waals surface area (Å²) >= 11 is 0. The Balaban J connectivity index is 1.56. The molecule has 2 fully saturated rings. The molecule has 2 amide bonds. The number of likely N-dealkylation sites (tertiary alicyclic amines) is 1. The number of aromatic nitrogens is 2. The number of hydrogen-bond donors (Lipinski definition) is 1. The van der Waals surface area contributed by atoms with Gasteiger partial charge < -0.3 is 9.47 Å². The Morgan fingerprint density at radius 3 is 2.57 bits per heavy atom. The third-order valence-electron chi connectivity index (χ3n) is 5.31. The van der Waals surface area contributed by atoms with Crippen molar-refractivity contribution in [2.45, 2.75) is 37.4 Å². The van der Waals surface area contributed by atoms with Crippen molar-refractivity contribution in [1.82, 2.24) is 14.5 Å². The lowest BCUT2D eigenvalue weighted by Gasteiger charge is -2.55. The van der Waals surface area contributed by atoms with E-state index < -0.39 is 23.0 Å². The minimum atomic E-state index is -4.52. The predicted octanol–water partition coefficient (Wildman–Crippen LogP) is 1.50. The van der Waals surface area contributed by atoms with Gasteiger partial charge in [-0.3, -0.25) is 14.9 Å². The number of halogens is 3. The zero-order chi connectivity index (χ0) is 16.5. The van der Waals surface area contributed by atoms with E-state index in [1.54, 1.807) is 10.8 Å². The Morgan fingerprint density at radius 2 is 2.00 bits per heavy atom. The summed E-state index contributed by atoms with van der Waals surface area (Å²) in [7, 11) is 0. The first kappa shape index (κ1) is 14.5. The second kappa shape index (κ2) is 4.27. The molecule has 3 heterocycles. The molecule has 4 rings (SSSR count). The van der Waals surface area contributed by atoms with Crippen LogP contribution in [-0.2, 0) is 15.1 Å². The van der Waals surface area contributed by atoms with Gasteiger partial charge in [0, 0.05) is 25.5 Å². The summed E-state index contributed by atoms with van der Waals surface area (Å²) in [6, 6.07) is 0. The average molecular weight is 328 g/mol. The molecule has 1 spiro atoms. The first-order chi connectivity index (χ1) is 10.8. The highest BCUT2D eigenvalue weighted by Crippen LogP contribution is 2.55. The Kier molecular flexibility index (Phi) is 2.70. The van der Waals surface area contributed by atoms with E-state index in [1.165, 1.54) is 11.1 Å². The maximum Gasteiger partial charge on any atom is 0.403 e. The molecule has 1 N–H and O–H groups in total. The van der Waals surface area contributed by atoms with E-state index in [2.05, 4.69) is 10.3 Å². The standard InChI is InChI=1S/C14H15F3N4O2/c15-14(16,17)13(2-1-3-13)10(23)20-7-12(8-20)6-9(22)19-11-18-4-5-21(11)12/h4-5H,1-3,6-8H2,(H,18,19,22). The summed E-state index contributed by atoms with van der Waals surface area (Å²) in [5.41, 5.74) is -2.89. The Bertz CT molecular complexity index is 686. The fourth-order valence-electron chi connectivity index (χ4n) is 3.86. The van der Waals surface area contributed by atoms with Crippen LogP contribution in [0.4, 0.5) is 19.1 Å². The molecule has 23 heavy (non-hydrogen) atoms. The quantitative estimate of drug-likeness (QED) is 0.849. The fraction of sp³-hybridized carbons (Fsp3) is 0.643. The van der Waals surface area contributed by atoms with Crippen molar-refractivity contribution in [3.63, 3.8) is 0 Å². The van der Waals surface area contributed by atoms with Crippen molar-refractivity contribution in [3.05, 3.63) is 12.4 Å². The summed E-state index contributed by atoms with van der Waals surface area (Å²) in [4.78, 5) is 29.4. The minimum absolute atomic E-state index is 0.112. The van der Waals surface area contributed by atoms with Crippen molar-refractivity contribution in [3.8, 4) is 0 Å². The molecule has 0 atom stereocenters. The number of nitrogens with one attached hydrogen (secondary N) is 1. The number of carbonyl (C=O) groups excluding carboxylic acids is 2. The van der Waals surface area contributed by atoms with E-state index >= 15 is 0 Å². The molecule has 9 heteroatoms. The van der Waals surface area contributed by atoms with Gasteiger partial charge in [-0.25, -0.2) is 4.98 Å². The number of hydrogen-bond acceptors (Lipinski definition) is 3. The van der Waals surface area contributed by atoms with Crippen LogP contribution in [0.25, 0.3) is 0 Å². The maximum absolute atomic E-state index is 13.3. The molecule has 1 aromatic rings. The highest BCUT2D eigenvalue weighted by Gasteiger charge is 2.66. The van der Waals surface area contributed by atoms with Gasteiger partial charge in [-0.15, -0.1) is 0 Å². The molecule has 0 unspecified atom stereocenters. The second-order valence-electron chi connectivity index (χ2n) is 6.66. The number of anilines is 1. The van der Waals surface area contributed by atoms with Gasteiger partial charge in [0.05, 0.1) is 12.0 Å². The molecule has 1 saturated heterocycles. The second-order valence-corrected chi connectivity index (χ2v) is 6.66. The maximum atomic E-state index is 13.3. The molecule has 0 radical (unpaired) electrons. The third kappa shape index (κ3) is 1.79. The van der Waals surface area contributed by atoms with Crippen LogP contribution in [0.5, 0.6) is 0 Å². The largest absolute Gasteiger partial charge is 0.403 e. The highest BCUT2D eigenvalue weighted by molar-refractivity contribution is 5.92. The van der Waals surface area contributed by atoms with Crippen LogP contribution in [0.1, 0.15) is 25.7 Å². The highest BCUT2D eigenvalue weighted by atomic mass is 19.4. The van der Waals surface area contributed by atoms with E-state index in [9.17, 15) is 22.8 Å². The number of imidazole rings is 1. The van der Waals surface area contributed by atoms with Crippen molar-refractivity contribution in [1.29, 1.82) is 0 Å². The lowest BCUT2D eigenvalue weighted by atomic mass is 9.66. The van der Waals surface area contributed by atoms with Gasteiger partial charge >= 0.3 is 6.18 Å². The molecular formula is C14H15F3N4O2. The molecule has 2 aliphatic heterocycles. The van der Waals surface area contributed by atoms with Crippen molar-refractivity contribution in [2.75, 3.05) is 18.4 Å². The van der Waals surface area contributed by atoms with Crippen LogP contribution >= 0.6 is 0 Å². The number of fused-ring (bicyclic) bond motifs is 2. The summed E-state index contributed by atoms with van der Waals surface area (Å²) in [6.07, 6.45) is -1.05. The molecule has 0 aromatic carbocycles. The van der Waals surface area contributed by atoms with Crippen LogP contribution in [0, 0.1) is 5.41 Å². The molecular weight excluding hydrogens is 313 g/mol. The van der Waals surface area contributed by atoms with Crippen LogP contribution in [0.3, 0.4) is 0 Å². The molecule has 3 aliphatic rings. The van der Waals surface area contributed by atoms with E-state index in [4.69, 9.17) is 0 Å². The SMILES string of the molecule is O=C1CC2(CN(C(=O)C3(C(F)(F)F)CCC3)C2)n2ccnc2N1. The fourth-order valence-corrected chi connectivity index (χ4v) is 3.86. The average Bonchev–Trinajstić information content (AvgIpc) is 2.79. The smallest absolute Gasteiger partial charge is 0.337 e. The minimum Gasteiger partial charge on any atom is -0.337 e. The number of alkyl halides is 3. The molecule has 0 bridgehead atoms. The van der Waals surface area contributed by atoms with Crippen molar-refractivity contribution < 1.29 is 22.8 Å². The first-order valence-electron chi connectivity index (χ1n) is 7.47. The van der Waals surface area contributed by atoms with E-state index in [1.807, 2.05) is 0 Å². The number of nitrogens with zero attached hydrogens (tertiary/aromatic N) is 3. The molecule has 1 aromatic heterocycles. The Hall–Kier alpha value is -2.06. The van der Waals surface area contributed by atoms with Gasteiger partial charge in [-0.05, 0) is 12.8 Å². The van der Waals surface area contributed by atoms with Crippen LogP contribution in [0.15, 0.2) is 12.4 Å². The van der Waals surface area contributed by atoms with Crippen molar-refractivity contribution in [2.24, 2.45) is 5.41 Å². The van der Waals surface area contributed by atoms with Gasteiger partial charge in [-0.2, -0.15) is 13.2 Å². The first-order valence-corrected chi connectivity index (χ1v) is 7.47. The summed E-state index contributed by atoms with van der Waals surface area (Å²) in [5, 5.41) is 2.61. The van der Waals surface area contributed by atoms with Crippen LogP contribution in [-0.4, -0.2) is 45.5 Å². The van der Waals surface area contributed by atoms with E-state index in [0.717, 1.165) is 0 Å². The van der Waals surface area contributed by atoms with Gasteiger partial charge in [-0.1, -0.05) is 6.42 Å². The number of amides is 2. The topological polar surface area (TPSA) is 67.2 Å². The summed E-state index contributed by atoms with van der Waals surface area (Å²) in [5.74, 6) is -0.706. The van der Waals surface area contributed by atoms with Crippen LogP contribution in [0.2, 0.25) is 0 Å². The van der Waals surface area contributed by atoms with E-state index in [0.29, 0.717) is 12.4 Å². The normalized spacial score (nSPS) is 24.5. The van der Waals surface area contributed by atoms with Gasteiger partial charge in [0.2, 0.25) is 17.8 Å². The summed E-state index contributed by atoms with van der Waals surface area (Å²) in [6.45, 7) is 0.223. The molecule has 124 valence electrons. The third-order valence-corrected chi connectivity index (χ3v) is 5.31. The van der Waals surface area contributed by atoms with Gasteiger partial charge in [0.15, 0.2) is 0 Å². The summed E-state index contributed by atoms with van der Waals surface area (Å²) < 4.78 is 41.6. The monoisotopic (exact) mass is 328 g/mol. The lowest BCUT2D eigenvalue weighted by molar-refractivity contribution is -0.252. The van der Waals surface area contributed by atoms with Crippen molar-refractivity contribution >= 4 is 17.8 Å². The number of rotatable bonds is 1. The van der Waals surface area contributed by atoms with Crippen LogP contribution < -0.4 is 5.32 Å². The zero-order valence-electron chi connectivity index (χ0n) is 12.2. The Morgan fingerprint density at radius 1 is 1.30 bits per heavy atom. The molecule has 6 nitrogen and oxygen atoms in total. The number of carbonyl (C=O) groups is 2. The Labute approximate surface area is 129 Å². The zero-order valence-corrected chi connectivity index (χ0v) is 12.2. The van der Waals surface area contributed by atoms with Gasteiger partial charge in [0.25, 0.3) is 0 Å². The van der Waals surface area contributed by atoms with E-state index in [-0.39, 0.29) is 38.3 Å².